The number of rotatable bonds is 3. The molecule has 1 heterocycles. The van der Waals surface area contributed by atoms with Gasteiger partial charge in [0.15, 0.2) is 5.69 Å². The van der Waals surface area contributed by atoms with Crippen LogP contribution in [0, 0.1) is 0 Å². The number of hydrogen-bond acceptors (Lipinski definition) is 4. The molecule has 0 unspecified atom stereocenters. The molecule has 1 aromatic heterocycles. The molecule has 2 N–H and O–H groups in total. The van der Waals surface area contributed by atoms with E-state index in [1.807, 2.05) is 0 Å². The van der Waals surface area contributed by atoms with E-state index >= 15 is 0 Å². The summed E-state index contributed by atoms with van der Waals surface area (Å²) in [5.41, 5.74) is 0.401. The van der Waals surface area contributed by atoms with E-state index in [2.05, 4.69) is 26.2 Å². The molecule has 0 saturated heterocycles. The second kappa shape index (κ2) is 4.77. The second-order valence-corrected chi connectivity index (χ2v) is 4.42. The van der Waals surface area contributed by atoms with Crippen LogP contribution in [0.3, 0.4) is 0 Å². The lowest BCUT2D eigenvalue weighted by atomic mass is 10.3. The molecule has 5 nitrogen and oxygen atoms in total. The molecule has 0 saturated carbocycles. The SMILES string of the molecule is O=C(O)c1coc(Nc2cc(Br)ccc2Cl)n1. The molecule has 2 aromatic rings. The maximum atomic E-state index is 10.6. The minimum absolute atomic E-state index is 0.0717. The maximum Gasteiger partial charge on any atom is 0.357 e. The van der Waals surface area contributed by atoms with E-state index in [-0.39, 0.29) is 11.7 Å². The van der Waals surface area contributed by atoms with Crippen LogP contribution in [0.15, 0.2) is 33.4 Å². The third-order valence-corrected chi connectivity index (χ3v) is 2.72. The predicted molar refractivity (Wildman–Crippen MR) is 65.9 cm³/mol. The van der Waals surface area contributed by atoms with Crippen molar-refractivity contribution in [3.8, 4) is 0 Å². The van der Waals surface area contributed by atoms with E-state index in [9.17, 15) is 4.79 Å². The lowest BCUT2D eigenvalue weighted by Crippen LogP contribution is -1.97. The summed E-state index contributed by atoms with van der Waals surface area (Å²) in [6.07, 6.45) is 1.05. The summed E-state index contributed by atoms with van der Waals surface area (Å²) >= 11 is 9.24. The van der Waals surface area contributed by atoms with Gasteiger partial charge < -0.3 is 14.8 Å². The van der Waals surface area contributed by atoms with Crippen molar-refractivity contribution in [3.05, 3.63) is 39.7 Å². The average molecular weight is 318 g/mol. The van der Waals surface area contributed by atoms with Crippen molar-refractivity contribution in [2.24, 2.45) is 0 Å². The monoisotopic (exact) mass is 316 g/mol. The first-order valence-corrected chi connectivity index (χ1v) is 5.64. The Hall–Kier alpha value is -1.53. The number of carbonyl (C=O) groups is 1. The van der Waals surface area contributed by atoms with Gasteiger partial charge in [-0.25, -0.2) is 4.79 Å². The number of oxazole rings is 1. The number of nitrogens with one attached hydrogen (secondary N) is 1. The van der Waals surface area contributed by atoms with Crippen molar-refractivity contribution in [2.45, 2.75) is 0 Å². The van der Waals surface area contributed by atoms with Gasteiger partial charge in [-0.15, -0.1) is 0 Å². The maximum absolute atomic E-state index is 10.6. The molecule has 0 radical (unpaired) electrons. The van der Waals surface area contributed by atoms with Crippen molar-refractivity contribution < 1.29 is 14.3 Å². The molecule has 2 rings (SSSR count). The van der Waals surface area contributed by atoms with Crippen LogP contribution in [0.4, 0.5) is 11.7 Å². The Morgan fingerprint density at radius 3 is 2.94 bits per heavy atom. The summed E-state index contributed by atoms with van der Waals surface area (Å²) in [5, 5.41) is 11.9. The Labute approximate surface area is 110 Å². The van der Waals surface area contributed by atoms with Crippen LogP contribution in [-0.4, -0.2) is 16.1 Å². The molecule has 0 bridgehead atoms. The summed E-state index contributed by atoms with van der Waals surface area (Å²) in [6, 6.07) is 5.27. The predicted octanol–water partition coefficient (Wildman–Crippen LogP) is 3.53. The first kappa shape index (κ1) is 11.9. The van der Waals surface area contributed by atoms with Crippen LogP contribution in [0.25, 0.3) is 0 Å². The van der Waals surface area contributed by atoms with Crippen molar-refractivity contribution in [2.75, 3.05) is 5.32 Å². The number of carboxylic acid groups (broad SMARTS) is 1. The van der Waals surface area contributed by atoms with Gasteiger partial charge in [-0.1, -0.05) is 27.5 Å². The van der Waals surface area contributed by atoms with Gasteiger partial charge >= 0.3 is 5.97 Å². The van der Waals surface area contributed by atoms with Gasteiger partial charge in [-0.2, -0.15) is 4.98 Å². The highest BCUT2D eigenvalue weighted by Gasteiger charge is 2.11. The molecular weight excluding hydrogens is 311 g/mol. The molecule has 0 amide bonds. The van der Waals surface area contributed by atoms with Crippen molar-refractivity contribution in [1.82, 2.24) is 4.98 Å². The molecular formula is C10H6BrClN2O3. The van der Waals surface area contributed by atoms with Crippen molar-refractivity contribution in [1.29, 1.82) is 0 Å². The standard InChI is InChI=1S/C10H6BrClN2O3/c11-5-1-2-6(12)7(3-5)13-10-14-8(4-17-10)9(15)16/h1-4H,(H,13,14)(H,15,16). The third kappa shape index (κ3) is 2.78. The number of anilines is 2. The lowest BCUT2D eigenvalue weighted by molar-refractivity contribution is 0.0690. The summed E-state index contributed by atoms with van der Waals surface area (Å²) in [7, 11) is 0. The Kier molecular flexibility index (Phi) is 3.35. The molecule has 0 fully saturated rings. The quantitative estimate of drug-likeness (QED) is 0.905. The number of aromatic carboxylic acids is 1. The zero-order chi connectivity index (χ0) is 12.4. The van der Waals surface area contributed by atoms with E-state index in [1.165, 1.54) is 0 Å². The Morgan fingerprint density at radius 2 is 2.29 bits per heavy atom. The Balaban J connectivity index is 2.25. The van der Waals surface area contributed by atoms with E-state index in [0.717, 1.165) is 10.7 Å². The summed E-state index contributed by atoms with van der Waals surface area (Å²) in [5.74, 6) is -1.15. The van der Waals surface area contributed by atoms with Crippen LogP contribution in [0.2, 0.25) is 5.02 Å². The highest BCUT2D eigenvalue weighted by molar-refractivity contribution is 9.10. The molecule has 0 atom stereocenters. The molecule has 88 valence electrons. The lowest BCUT2D eigenvalue weighted by Gasteiger charge is -2.04. The summed E-state index contributed by atoms with van der Waals surface area (Å²) < 4.78 is 5.78. The minimum atomic E-state index is -1.15. The van der Waals surface area contributed by atoms with E-state index in [0.29, 0.717) is 10.7 Å². The van der Waals surface area contributed by atoms with E-state index in [4.69, 9.17) is 21.1 Å². The molecule has 0 aliphatic carbocycles. The second-order valence-electron chi connectivity index (χ2n) is 3.09. The van der Waals surface area contributed by atoms with Gasteiger partial charge in [0.05, 0.1) is 10.7 Å². The highest BCUT2D eigenvalue weighted by Crippen LogP contribution is 2.28. The minimum Gasteiger partial charge on any atom is -0.476 e. The number of aromatic nitrogens is 1. The molecule has 7 heteroatoms. The fourth-order valence-corrected chi connectivity index (χ4v) is 1.66. The summed E-state index contributed by atoms with van der Waals surface area (Å²) in [6.45, 7) is 0. The fraction of sp³-hybridized carbons (Fsp3) is 0. The van der Waals surface area contributed by atoms with Crippen LogP contribution in [-0.2, 0) is 0 Å². The summed E-state index contributed by atoms with van der Waals surface area (Å²) in [4.78, 5) is 14.3. The van der Waals surface area contributed by atoms with Crippen molar-refractivity contribution >= 4 is 45.2 Å². The topological polar surface area (TPSA) is 75.4 Å². The normalized spacial score (nSPS) is 10.2. The molecule has 0 spiro atoms. The average Bonchev–Trinajstić information content (AvgIpc) is 2.72. The number of hydrogen-bond donors (Lipinski definition) is 2. The van der Waals surface area contributed by atoms with Gasteiger partial charge in [-0.3, -0.25) is 0 Å². The Morgan fingerprint density at radius 1 is 1.53 bits per heavy atom. The molecule has 0 aliphatic rings. The van der Waals surface area contributed by atoms with Crippen LogP contribution in [0.5, 0.6) is 0 Å². The van der Waals surface area contributed by atoms with Gasteiger partial charge in [0.2, 0.25) is 0 Å². The van der Waals surface area contributed by atoms with Crippen molar-refractivity contribution in [3.63, 3.8) is 0 Å². The van der Waals surface area contributed by atoms with Gasteiger partial charge in [0, 0.05) is 4.47 Å². The third-order valence-electron chi connectivity index (χ3n) is 1.89. The molecule has 0 aliphatic heterocycles. The smallest absolute Gasteiger partial charge is 0.357 e. The van der Waals surface area contributed by atoms with Gasteiger partial charge in [0.25, 0.3) is 6.01 Å². The zero-order valence-corrected chi connectivity index (χ0v) is 10.6. The van der Waals surface area contributed by atoms with E-state index in [1.54, 1.807) is 18.2 Å². The van der Waals surface area contributed by atoms with Gasteiger partial charge in [-0.05, 0) is 18.2 Å². The van der Waals surface area contributed by atoms with Crippen LogP contribution < -0.4 is 5.32 Å². The fourth-order valence-electron chi connectivity index (χ4n) is 1.14. The largest absolute Gasteiger partial charge is 0.476 e. The zero-order valence-electron chi connectivity index (χ0n) is 8.28. The number of benzene rings is 1. The Bertz CT molecular complexity index is 570. The number of halogens is 2. The van der Waals surface area contributed by atoms with E-state index < -0.39 is 5.97 Å². The van der Waals surface area contributed by atoms with Gasteiger partial charge in [0.1, 0.15) is 6.26 Å². The molecule has 17 heavy (non-hydrogen) atoms. The first-order valence-electron chi connectivity index (χ1n) is 4.47. The highest BCUT2D eigenvalue weighted by atomic mass is 79.9. The molecule has 1 aromatic carbocycles. The van der Waals surface area contributed by atoms with Crippen LogP contribution in [0.1, 0.15) is 10.5 Å². The van der Waals surface area contributed by atoms with Crippen LogP contribution >= 0.6 is 27.5 Å². The first-order chi connectivity index (χ1) is 8.06. The number of nitrogens with zero attached hydrogens (tertiary/aromatic N) is 1. The number of carboxylic acids is 1.